The van der Waals surface area contributed by atoms with Crippen LogP contribution in [0.3, 0.4) is 0 Å². The lowest BCUT2D eigenvalue weighted by Gasteiger charge is -2.35. The fourth-order valence-corrected chi connectivity index (χ4v) is 1.30. The Labute approximate surface area is 75.9 Å². The molecule has 1 N–H and O–H groups in total. The molecule has 2 nitrogen and oxygen atoms in total. The molecule has 0 atom stereocenters. The predicted octanol–water partition coefficient (Wildman–Crippen LogP) is 2.21. The van der Waals surface area contributed by atoms with Gasteiger partial charge >= 0.3 is 0 Å². The molecular weight excluding hydrogens is 152 g/mol. The fourth-order valence-electron chi connectivity index (χ4n) is 1.30. The van der Waals surface area contributed by atoms with Crippen LogP contribution in [0, 0.1) is 5.92 Å². The molecule has 1 fully saturated rings. The van der Waals surface area contributed by atoms with Crippen molar-refractivity contribution in [2.75, 3.05) is 13.2 Å². The van der Waals surface area contributed by atoms with E-state index in [0.29, 0.717) is 19.1 Å². The van der Waals surface area contributed by atoms with Crippen LogP contribution in [0.5, 0.6) is 0 Å². The molecule has 0 aromatic carbocycles. The van der Waals surface area contributed by atoms with E-state index >= 15 is 0 Å². The van der Waals surface area contributed by atoms with Gasteiger partial charge in [-0.2, -0.15) is 0 Å². The molecule has 0 amide bonds. The first-order valence-electron chi connectivity index (χ1n) is 4.95. The molecule has 0 aromatic rings. The molecule has 0 bridgehead atoms. The maximum Gasteiger partial charge on any atom is 0.0714 e. The van der Waals surface area contributed by atoms with Crippen molar-refractivity contribution < 1.29 is 9.84 Å². The Bertz CT molecular complexity index is 104. The van der Waals surface area contributed by atoms with Crippen molar-refractivity contribution >= 4 is 0 Å². The van der Waals surface area contributed by atoms with Crippen molar-refractivity contribution in [2.24, 2.45) is 5.92 Å². The molecule has 0 saturated carbocycles. The summed E-state index contributed by atoms with van der Waals surface area (Å²) in [5.74, 6) is 0.358. The van der Waals surface area contributed by atoms with Gasteiger partial charge in [-0.05, 0) is 18.8 Å². The SMILES string of the molecule is CC.CC(C)C1(O)CCOCC1. The van der Waals surface area contributed by atoms with Gasteiger partial charge in [-0.15, -0.1) is 0 Å². The van der Waals surface area contributed by atoms with Crippen molar-refractivity contribution in [3.05, 3.63) is 0 Å². The highest BCUT2D eigenvalue weighted by molar-refractivity contribution is 4.83. The smallest absolute Gasteiger partial charge is 0.0714 e. The second kappa shape index (κ2) is 5.55. The van der Waals surface area contributed by atoms with Gasteiger partial charge in [0.05, 0.1) is 5.60 Å². The van der Waals surface area contributed by atoms with E-state index < -0.39 is 5.60 Å². The van der Waals surface area contributed by atoms with Crippen LogP contribution in [-0.4, -0.2) is 23.9 Å². The van der Waals surface area contributed by atoms with E-state index in [4.69, 9.17) is 4.74 Å². The Balaban J connectivity index is 0.000000561. The van der Waals surface area contributed by atoms with Crippen molar-refractivity contribution in [2.45, 2.75) is 46.1 Å². The lowest BCUT2D eigenvalue weighted by atomic mass is 9.83. The van der Waals surface area contributed by atoms with E-state index in [-0.39, 0.29) is 0 Å². The highest BCUT2D eigenvalue weighted by atomic mass is 16.5. The summed E-state index contributed by atoms with van der Waals surface area (Å²) < 4.78 is 5.16. The molecule has 1 heterocycles. The van der Waals surface area contributed by atoms with Gasteiger partial charge in [0.25, 0.3) is 0 Å². The lowest BCUT2D eigenvalue weighted by molar-refractivity contribution is -0.0907. The Morgan fingerprint density at radius 2 is 1.58 bits per heavy atom. The van der Waals surface area contributed by atoms with E-state index in [2.05, 4.69) is 13.8 Å². The molecule has 1 saturated heterocycles. The summed E-state index contributed by atoms with van der Waals surface area (Å²) in [7, 11) is 0. The Kier molecular flexibility index (Phi) is 5.51. The number of hydrogen-bond donors (Lipinski definition) is 1. The first kappa shape index (κ1) is 11.9. The van der Waals surface area contributed by atoms with Crippen molar-refractivity contribution in [3.63, 3.8) is 0 Å². The topological polar surface area (TPSA) is 29.5 Å². The quantitative estimate of drug-likeness (QED) is 0.660. The fraction of sp³-hybridized carbons (Fsp3) is 1.00. The summed E-state index contributed by atoms with van der Waals surface area (Å²) >= 11 is 0. The summed E-state index contributed by atoms with van der Waals surface area (Å²) in [5.41, 5.74) is -0.446. The molecule has 0 radical (unpaired) electrons. The monoisotopic (exact) mass is 174 g/mol. The normalized spacial score (nSPS) is 21.5. The van der Waals surface area contributed by atoms with E-state index in [1.165, 1.54) is 0 Å². The van der Waals surface area contributed by atoms with Crippen LogP contribution in [-0.2, 0) is 4.74 Å². The largest absolute Gasteiger partial charge is 0.389 e. The first-order valence-corrected chi connectivity index (χ1v) is 4.95. The maximum absolute atomic E-state index is 9.87. The molecule has 0 spiro atoms. The van der Waals surface area contributed by atoms with Gasteiger partial charge in [0, 0.05) is 13.2 Å². The van der Waals surface area contributed by atoms with E-state index in [1.807, 2.05) is 13.8 Å². The number of ether oxygens (including phenoxy) is 1. The Hall–Kier alpha value is -0.0800. The number of rotatable bonds is 1. The maximum atomic E-state index is 9.87. The summed E-state index contributed by atoms with van der Waals surface area (Å²) in [4.78, 5) is 0. The number of hydrogen-bond acceptors (Lipinski definition) is 2. The van der Waals surface area contributed by atoms with Gasteiger partial charge in [0.15, 0.2) is 0 Å². The second-order valence-corrected chi connectivity index (χ2v) is 3.37. The van der Waals surface area contributed by atoms with Crippen LogP contribution < -0.4 is 0 Å². The average Bonchev–Trinajstić information content (AvgIpc) is 2.09. The van der Waals surface area contributed by atoms with Gasteiger partial charge in [0.1, 0.15) is 0 Å². The van der Waals surface area contributed by atoms with E-state index in [0.717, 1.165) is 12.8 Å². The molecule has 12 heavy (non-hydrogen) atoms. The van der Waals surface area contributed by atoms with Crippen molar-refractivity contribution in [1.82, 2.24) is 0 Å². The van der Waals surface area contributed by atoms with Crippen LogP contribution >= 0.6 is 0 Å². The average molecular weight is 174 g/mol. The van der Waals surface area contributed by atoms with E-state index in [9.17, 15) is 5.11 Å². The van der Waals surface area contributed by atoms with Crippen molar-refractivity contribution in [3.8, 4) is 0 Å². The zero-order valence-corrected chi connectivity index (χ0v) is 8.76. The van der Waals surface area contributed by atoms with Crippen LogP contribution in [0.25, 0.3) is 0 Å². The van der Waals surface area contributed by atoms with Gasteiger partial charge in [0.2, 0.25) is 0 Å². The van der Waals surface area contributed by atoms with Crippen molar-refractivity contribution in [1.29, 1.82) is 0 Å². The summed E-state index contributed by atoms with van der Waals surface area (Å²) in [6, 6.07) is 0. The highest BCUT2D eigenvalue weighted by Gasteiger charge is 2.32. The van der Waals surface area contributed by atoms with Gasteiger partial charge in [-0.3, -0.25) is 0 Å². The Morgan fingerprint density at radius 3 is 1.83 bits per heavy atom. The van der Waals surface area contributed by atoms with Gasteiger partial charge in [-0.25, -0.2) is 0 Å². The van der Waals surface area contributed by atoms with E-state index in [1.54, 1.807) is 0 Å². The third-order valence-electron chi connectivity index (χ3n) is 2.43. The molecule has 0 aromatic heterocycles. The van der Waals surface area contributed by atoms with Crippen LogP contribution in [0.15, 0.2) is 0 Å². The van der Waals surface area contributed by atoms with Gasteiger partial charge < -0.3 is 9.84 Å². The molecule has 1 rings (SSSR count). The molecule has 0 aliphatic carbocycles. The molecule has 0 unspecified atom stereocenters. The van der Waals surface area contributed by atoms with Gasteiger partial charge in [-0.1, -0.05) is 27.7 Å². The minimum atomic E-state index is -0.446. The van der Waals surface area contributed by atoms with Crippen LogP contribution in [0.1, 0.15) is 40.5 Å². The Morgan fingerprint density at radius 1 is 1.17 bits per heavy atom. The minimum absolute atomic E-state index is 0.358. The molecule has 2 heteroatoms. The summed E-state index contributed by atoms with van der Waals surface area (Å²) in [5, 5.41) is 9.87. The number of aliphatic hydroxyl groups is 1. The standard InChI is InChI=1S/C8H16O2.C2H6/c1-7(2)8(9)3-5-10-6-4-8;1-2/h7,9H,3-6H2,1-2H3;1-2H3. The third kappa shape index (κ3) is 3.11. The molecular formula is C10H22O2. The highest BCUT2D eigenvalue weighted by Crippen LogP contribution is 2.27. The van der Waals surface area contributed by atoms with Crippen LogP contribution in [0.4, 0.5) is 0 Å². The molecule has 74 valence electrons. The van der Waals surface area contributed by atoms with Crippen LogP contribution in [0.2, 0.25) is 0 Å². The lowest BCUT2D eigenvalue weighted by Crippen LogP contribution is -2.40. The second-order valence-electron chi connectivity index (χ2n) is 3.37. The summed E-state index contributed by atoms with van der Waals surface area (Å²) in [6.45, 7) is 9.56. The zero-order chi connectivity index (χ0) is 9.61. The predicted molar refractivity (Wildman–Crippen MR) is 51.2 cm³/mol. The zero-order valence-electron chi connectivity index (χ0n) is 8.76. The first-order chi connectivity index (χ1) is 5.65. The molecule has 1 aliphatic heterocycles. The third-order valence-corrected chi connectivity index (χ3v) is 2.43. The minimum Gasteiger partial charge on any atom is -0.389 e. The summed E-state index contributed by atoms with van der Waals surface area (Å²) in [6.07, 6.45) is 1.59. The molecule has 1 aliphatic rings.